The molecule has 0 aromatic heterocycles. The summed E-state index contributed by atoms with van der Waals surface area (Å²) in [6.07, 6.45) is 0. The monoisotopic (exact) mass is 326 g/mol. The van der Waals surface area contributed by atoms with Crippen molar-refractivity contribution < 1.29 is 27.0 Å². The molecule has 18 heavy (non-hydrogen) atoms. The predicted octanol–water partition coefficient (Wildman–Crippen LogP) is 4.94. The maximum absolute atomic E-state index is 12.2. The number of hydrogen-bond donors (Lipinski definition) is 0. The van der Waals surface area contributed by atoms with E-state index in [0.29, 0.717) is 0 Å². The normalized spacial score (nSPS) is 11.2. The minimum absolute atomic E-state index is 0.269. The molecule has 9 heteroatoms. The molecule has 0 radical (unpaired) electrons. The van der Waals surface area contributed by atoms with Crippen LogP contribution in [0.5, 0.6) is 11.5 Å². The van der Waals surface area contributed by atoms with Gasteiger partial charge < -0.3 is 9.47 Å². The largest absolute Gasteiger partial charge is 0.433 e. The summed E-state index contributed by atoms with van der Waals surface area (Å²) < 4.78 is 56.9. The van der Waals surface area contributed by atoms with E-state index in [1.165, 1.54) is 0 Å². The lowest BCUT2D eigenvalue weighted by molar-refractivity contribution is -0.0551. The van der Waals surface area contributed by atoms with Crippen LogP contribution in [0.25, 0.3) is 0 Å². The molecule has 0 amide bonds. The molecule has 0 heterocycles. The first-order valence-corrected chi connectivity index (χ1v) is 5.62. The van der Waals surface area contributed by atoms with Gasteiger partial charge in [0.05, 0.1) is 21.5 Å². The Hall–Kier alpha value is -0.590. The molecule has 0 saturated heterocycles. The van der Waals surface area contributed by atoms with Crippen LogP contribution in [0, 0.1) is 0 Å². The second-order valence-corrected chi connectivity index (χ2v) is 3.95. The average Bonchev–Trinajstić information content (AvgIpc) is 2.24. The lowest BCUT2D eigenvalue weighted by Crippen LogP contribution is -2.09. The van der Waals surface area contributed by atoms with Crippen molar-refractivity contribution in [1.29, 1.82) is 0 Å². The number of halogens is 7. The van der Waals surface area contributed by atoms with E-state index in [1.54, 1.807) is 0 Å². The van der Waals surface area contributed by atoms with E-state index >= 15 is 0 Å². The van der Waals surface area contributed by atoms with E-state index in [4.69, 9.17) is 34.8 Å². The summed E-state index contributed by atoms with van der Waals surface area (Å²) in [6.45, 7) is -6.38. The molecule has 0 aliphatic heterocycles. The van der Waals surface area contributed by atoms with Crippen LogP contribution in [0.15, 0.2) is 6.07 Å². The van der Waals surface area contributed by atoms with Gasteiger partial charge in [-0.15, -0.1) is 11.6 Å². The van der Waals surface area contributed by atoms with Crippen LogP contribution in [0.3, 0.4) is 0 Å². The Labute approximate surface area is 114 Å². The Morgan fingerprint density at radius 2 is 1.33 bits per heavy atom. The molecule has 0 aliphatic carbocycles. The number of alkyl halides is 5. The van der Waals surface area contributed by atoms with Crippen LogP contribution in [-0.2, 0) is 5.88 Å². The van der Waals surface area contributed by atoms with Crippen LogP contribution in [0.4, 0.5) is 17.6 Å². The maximum atomic E-state index is 12.2. The molecular formula is C9H5Cl3F4O2. The van der Waals surface area contributed by atoms with Crippen LogP contribution in [0.2, 0.25) is 10.0 Å². The minimum Gasteiger partial charge on any atom is -0.433 e. The molecule has 0 N–H and O–H groups in total. The number of rotatable bonds is 5. The van der Waals surface area contributed by atoms with Gasteiger partial charge in [0.15, 0.2) is 11.5 Å². The van der Waals surface area contributed by atoms with Gasteiger partial charge >= 0.3 is 13.2 Å². The second kappa shape index (κ2) is 6.54. The number of benzene rings is 1. The number of hydrogen-bond acceptors (Lipinski definition) is 2. The second-order valence-electron chi connectivity index (χ2n) is 2.87. The Bertz CT molecular complexity index is 395. The fraction of sp³-hybridized carbons (Fsp3) is 0.333. The van der Waals surface area contributed by atoms with Gasteiger partial charge in [-0.1, -0.05) is 23.2 Å². The number of ether oxygens (including phenoxy) is 2. The van der Waals surface area contributed by atoms with E-state index in [9.17, 15) is 17.6 Å². The van der Waals surface area contributed by atoms with Crippen LogP contribution in [0.1, 0.15) is 5.56 Å². The molecule has 0 aliphatic rings. The Balaban J connectivity index is 3.32. The lowest BCUT2D eigenvalue weighted by Gasteiger charge is -2.16. The standard InChI is InChI=1S/C9H5Cl3F4O2/c10-2-3-6(17-8(13)14)4(11)1-5(12)7(3)18-9(15)16/h1,8-9H,2H2. The van der Waals surface area contributed by atoms with E-state index in [1.807, 2.05) is 0 Å². The Morgan fingerprint density at radius 1 is 0.944 bits per heavy atom. The van der Waals surface area contributed by atoms with Gasteiger partial charge in [0.1, 0.15) is 0 Å². The van der Waals surface area contributed by atoms with Crippen LogP contribution in [-0.4, -0.2) is 13.2 Å². The summed E-state index contributed by atoms with van der Waals surface area (Å²) in [7, 11) is 0. The molecule has 0 saturated carbocycles. The van der Waals surface area contributed by atoms with Gasteiger partial charge in [-0.05, 0) is 6.07 Å². The molecule has 1 rings (SSSR count). The molecule has 0 spiro atoms. The van der Waals surface area contributed by atoms with Gasteiger partial charge in [-0.2, -0.15) is 17.6 Å². The van der Waals surface area contributed by atoms with Crippen molar-refractivity contribution >= 4 is 34.8 Å². The molecule has 0 bridgehead atoms. The third-order valence-corrected chi connectivity index (χ3v) is 2.61. The quantitative estimate of drug-likeness (QED) is 0.563. The highest BCUT2D eigenvalue weighted by Crippen LogP contribution is 2.43. The summed E-state index contributed by atoms with van der Waals surface area (Å²) in [5.74, 6) is -1.52. The SMILES string of the molecule is FC(F)Oc1c(Cl)cc(Cl)c(OC(F)F)c1CCl. The molecule has 1 aromatic carbocycles. The average molecular weight is 327 g/mol. The van der Waals surface area contributed by atoms with Crippen molar-refractivity contribution in [2.75, 3.05) is 0 Å². The summed E-state index contributed by atoms with van der Waals surface area (Å²) in [5.41, 5.74) is -0.269. The maximum Gasteiger partial charge on any atom is 0.387 e. The van der Waals surface area contributed by atoms with Crippen LogP contribution >= 0.6 is 34.8 Å². The highest BCUT2D eigenvalue weighted by atomic mass is 35.5. The third kappa shape index (κ3) is 3.70. The van der Waals surface area contributed by atoms with Crippen molar-refractivity contribution in [2.45, 2.75) is 19.1 Å². The fourth-order valence-electron chi connectivity index (χ4n) is 1.19. The highest BCUT2D eigenvalue weighted by Gasteiger charge is 2.23. The minimum atomic E-state index is -3.19. The van der Waals surface area contributed by atoms with Gasteiger partial charge in [0, 0.05) is 0 Å². The zero-order valence-electron chi connectivity index (χ0n) is 8.40. The molecule has 0 unspecified atom stereocenters. The van der Waals surface area contributed by atoms with E-state index in [0.717, 1.165) is 6.07 Å². The van der Waals surface area contributed by atoms with Crippen molar-refractivity contribution in [3.63, 3.8) is 0 Å². The topological polar surface area (TPSA) is 18.5 Å². The summed E-state index contributed by atoms with van der Waals surface area (Å²) in [4.78, 5) is 0. The predicted molar refractivity (Wildman–Crippen MR) is 59.3 cm³/mol. The molecule has 1 aromatic rings. The molecule has 0 fully saturated rings. The molecule has 0 atom stereocenters. The first kappa shape index (κ1) is 15.5. The zero-order chi connectivity index (χ0) is 13.9. The highest BCUT2D eigenvalue weighted by molar-refractivity contribution is 6.37. The van der Waals surface area contributed by atoms with Crippen molar-refractivity contribution in [3.8, 4) is 11.5 Å². The van der Waals surface area contributed by atoms with E-state index < -0.39 is 30.6 Å². The molecule has 2 nitrogen and oxygen atoms in total. The molecule has 102 valence electrons. The van der Waals surface area contributed by atoms with E-state index in [2.05, 4.69) is 9.47 Å². The van der Waals surface area contributed by atoms with Gasteiger partial charge in [-0.25, -0.2) is 0 Å². The first-order valence-electron chi connectivity index (χ1n) is 4.33. The summed E-state index contributed by atoms with van der Waals surface area (Å²) in [5, 5.41) is -0.560. The van der Waals surface area contributed by atoms with E-state index in [-0.39, 0.29) is 15.6 Å². The Morgan fingerprint density at radius 3 is 1.61 bits per heavy atom. The first-order chi connectivity index (χ1) is 8.36. The van der Waals surface area contributed by atoms with Crippen LogP contribution < -0.4 is 9.47 Å². The van der Waals surface area contributed by atoms with Gasteiger partial charge in [-0.3, -0.25) is 0 Å². The summed E-state index contributed by atoms with van der Waals surface area (Å²) >= 11 is 16.7. The zero-order valence-corrected chi connectivity index (χ0v) is 10.7. The lowest BCUT2D eigenvalue weighted by atomic mass is 10.2. The van der Waals surface area contributed by atoms with Gasteiger partial charge in [0.2, 0.25) is 0 Å². The fourth-order valence-corrected chi connectivity index (χ4v) is 2.02. The van der Waals surface area contributed by atoms with Crippen molar-refractivity contribution in [2.24, 2.45) is 0 Å². The Kier molecular flexibility index (Phi) is 5.62. The molecular weight excluding hydrogens is 322 g/mol. The third-order valence-electron chi connectivity index (χ3n) is 1.78. The van der Waals surface area contributed by atoms with Crippen molar-refractivity contribution in [3.05, 3.63) is 21.7 Å². The smallest absolute Gasteiger partial charge is 0.387 e. The van der Waals surface area contributed by atoms with Gasteiger partial charge in [0.25, 0.3) is 0 Å². The summed E-state index contributed by atoms with van der Waals surface area (Å²) in [6, 6.07) is 0.953. The van der Waals surface area contributed by atoms with Crippen molar-refractivity contribution in [1.82, 2.24) is 0 Å².